The van der Waals surface area contributed by atoms with Crippen LogP contribution in [-0.2, 0) is 0 Å². The number of piperidine rings is 1. The van der Waals surface area contributed by atoms with E-state index in [9.17, 15) is 4.79 Å². The van der Waals surface area contributed by atoms with Gasteiger partial charge < -0.3 is 9.80 Å². The summed E-state index contributed by atoms with van der Waals surface area (Å²) in [4.78, 5) is 26.6. The smallest absolute Gasteiger partial charge is 0.188 e. The molecular weight excluding hydrogens is 645 g/mol. The summed E-state index contributed by atoms with van der Waals surface area (Å²) in [5, 5.41) is 0. The zero-order chi connectivity index (χ0) is 29.1. The molecule has 1 saturated heterocycles. The molecule has 5 aliphatic rings. The van der Waals surface area contributed by atoms with Crippen molar-refractivity contribution < 1.29 is 13.6 Å². The van der Waals surface area contributed by atoms with Crippen LogP contribution < -0.4 is 0 Å². The summed E-state index contributed by atoms with van der Waals surface area (Å²) in [6.45, 7) is 2.41. The standard InChI is InChI=1S/C34H31F2IN4O/c35-33-27(12-13-28(34(33)36)31(42)20-23-6-1-2-7-23)24-8-3-4-10-30-29(21-24)38-16-19-41(30)26-14-17-40(18-15-26)32-11-5-9-25(37)22-39-32/h3-5,8-10,12-13,16,20-22,26H,1-2,6-7,14-15,17-19H2/b4-3?,8-3+,10-4-,24-8?,24-21+,29-21?,30-10?. The number of ketones is 1. The Morgan fingerprint density at radius 3 is 2.64 bits per heavy atom. The summed E-state index contributed by atoms with van der Waals surface area (Å²) in [5.41, 5.74) is 6.31. The second kappa shape index (κ2) is 12.7. The minimum atomic E-state index is -1.11. The van der Waals surface area contributed by atoms with Gasteiger partial charge in [-0.3, -0.25) is 9.79 Å². The third kappa shape index (κ3) is 6.10. The maximum absolute atomic E-state index is 15.5. The molecule has 0 amide bonds. The molecule has 214 valence electrons. The lowest BCUT2D eigenvalue weighted by molar-refractivity contribution is 0.104. The zero-order valence-corrected chi connectivity index (χ0v) is 25.4. The van der Waals surface area contributed by atoms with Crippen LogP contribution in [-0.4, -0.2) is 53.7 Å². The van der Waals surface area contributed by atoms with Crippen molar-refractivity contribution in [1.82, 2.24) is 9.80 Å². The van der Waals surface area contributed by atoms with Crippen molar-refractivity contribution in [3.63, 3.8) is 0 Å². The lowest BCUT2D eigenvalue weighted by atomic mass is 9.96. The molecule has 3 aliphatic heterocycles. The number of benzene rings is 1. The van der Waals surface area contributed by atoms with Gasteiger partial charge in [0.2, 0.25) is 0 Å². The van der Waals surface area contributed by atoms with E-state index in [1.54, 1.807) is 12.2 Å². The summed E-state index contributed by atoms with van der Waals surface area (Å²) in [7, 11) is 0. The monoisotopic (exact) mass is 676 g/mol. The lowest BCUT2D eigenvalue weighted by Gasteiger charge is -2.41. The van der Waals surface area contributed by atoms with Crippen LogP contribution in [0, 0.1) is 11.6 Å². The zero-order valence-electron chi connectivity index (χ0n) is 23.2. The molecule has 3 heterocycles. The van der Waals surface area contributed by atoms with Crippen LogP contribution in [0.2, 0.25) is 0 Å². The predicted molar refractivity (Wildman–Crippen MR) is 173 cm³/mol. The minimum absolute atomic E-state index is 0.103. The minimum Gasteiger partial charge on any atom is -0.361 e. The highest BCUT2D eigenvalue weighted by atomic mass is 127. The van der Waals surface area contributed by atoms with Crippen LogP contribution in [0.25, 0.3) is 5.57 Å². The van der Waals surface area contributed by atoms with Crippen molar-refractivity contribution >= 4 is 46.4 Å². The Morgan fingerprint density at radius 1 is 1.05 bits per heavy atom. The van der Waals surface area contributed by atoms with E-state index in [1.807, 2.05) is 42.8 Å². The van der Waals surface area contributed by atoms with Gasteiger partial charge in [0.05, 0.1) is 23.5 Å². The van der Waals surface area contributed by atoms with Gasteiger partial charge in [0.15, 0.2) is 23.2 Å². The third-order valence-electron chi connectivity index (χ3n) is 8.22. The van der Waals surface area contributed by atoms with E-state index < -0.39 is 17.4 Å². The first-order chi connectivity index (χ1) is 20.5. The van der Waals surface area contributed by atoms with Crippen molar-refractivity contribution in [2.45, 2.75) is 44.6 Å². The molecule has 0 spiro atoms. The summed E-state index contributed by atoms with van der Waals surface area (Å²) in [6.07, 6.45) is 24.1. The summed E-state index contributed by atoms with van der Waals surface area (Å²) >= 11 is 2.25. The molecule has 1 saturated carbocycles. The van der Waals surface area contributed by atoms with Crippen molar-refractivity contribution in [2.24, 2.45) is 9.98 Å². The Labute approximate surface area is 258 Å². The molecule has 2 aliphatic carbocycles. The Hall–Kier alpha value is -3.62. The van der Waals surface area contributed by atoms with Gasteiger partial charge in [-0.05, 0) is 103 Å². The second-order valence-corrected chi connectivity index (χ2v) is 12.1. The molecule has 2 fully saturated rings. The molecule has 0 radical (unpaired) electrons. The number of allylic oxidation sites excluding steroid dienone is 11. The first-order valence-corrected chi connectivity index (χ1v) is 15.5. The highest BCUT2D eigenvalue weighted by Gasteiger charge is 2.29. The second-order valence-electron chi connectivity index (χ2n) is 10.9. The number of rotatable bonds is 5. The van der Waals surface area contributed by atoms with E-state index in [4.69, 9.17) is 0 Å². The maximum atomic E-state index is 15.5. The predicted octanol–water partition coefficient (Wildman–Crippen LogP) is 7.62. The topological polar surface area (TPSA) is 48.3 Å². The summed E-state index contributed by atoms with van der Waals surface area (Å²) in [6, 6.07) is 3.19. The molecular formula is C34H31F2IN4O. The highest BCUT2D eigenvalue weighted by Crippen LogP contribution is 2.32. The van der Waals surface area contributed by atoms with Crippen LogP contribution in [0.4, 0.5) is 8.78 Å². The number of hydrogen-bond donors (Lipinski definition) is 0. The van der Waals surface area contributed by atoms with Crippen molar-refractivity contribution in [1.29, 1.82) is 0 Å². The fraction of sp³-hybridized carbons (Fsp3) is 0.294. The first kappa shape index (κ1) is 28.5. The fourth-order valence-corrected chi connectivity index (χ4v) is 6.33. The fourth-order valence-electron chi connectivity index (χ4n) is 6.01. The quantitative estimate of drug-likeness (QED) is 0.140. The number of carbonyl (C=O) groups excluding carboxylic acids is 1. The number of aliphatic imine (C=N–C) groups is 2. The van der Waals surface area contributed by atoms with Gasteiger partial charge in [-0.25, -0.2) is 13.8 Å². The van der Waals surface area contributed by atoms with E-state index >= 15 is 8.78 Å². The molecule has 5 nitrogen and oxygen atoms in total. The average Bonchev–Trinajstić information content (AvgIpc) is 3.40. The van der Waals surface area contributed by atoms with Crippen molar-refractivity contribution in [3.8, 4) is 0 Å². The Bertz CT molecular complexity index is 1600. The molecule has 1 aromatic rings. The molecule has 6 rings (SSSR count). The molecule has 42 heavy (non-hydrogen) atoms. The van der Waals surface area contributed by atoms with Gasteiger partial charge in [0.25, 0.3) is 0 Å². The van der Waals surface area contributed by atoms with Crippen LogP contribution >= 0.6 is 22.6 Å². The van der Waals surface area contributed by atoms with Crippen molar-refractivity contribution in [2.75, 3.05) is 19.6 Å². The molecule has 0 N–H and O–H groups in total. The molecule has 0 aromatic heterocycles. The van der Waals surface area contributed by atoms with E-state index in [0.717, 1.165) is 72.3 Å². The molecule has 0 unspecified atom stereocenters. The number of carbonyl (C=O) groups is 1. The number of nitrogens with zero attached hydrogens (tertiary/aromatic N) is 4. The van der Waals surface area contributed by atoms with Gasteiger partial charge in [-0.1, -0.05) is 35.6 Å². The number of likely N-dealkylation sites (tertiary alicyclic amines) is 1. The summed E-state index contributed by atoms with van der Waals surface area (Å²) in [5.74, 6) is -1.75. The van der Waals surface area contributed by atoms with Crippen LogP contribution in [0.15, 0.2) is 103 Å². The van der Waals surface area contributed by atoms with Crippen LogP contribution in [0.1, 0.15) is 54.4 Å². The average molecular weight is 677 g/mol. The van der Waals surface area contributed by atoms with Crippen LogP contribution in [0.3, 0.4) is 0 Å². The van der Waals surface area contributed by atoms with E-state index in [2.05, 4.69) is 48.1 Å². The van der Waals surface area contributed by atoms with Gasteiger partial charge in [0, 0.05) is 40.7 Å². The van der Waals surface area contributed by atoms with Crippen LogP contribution in [0.5, 0.6) is 0 Å². The van der Waals surface area contributed by atoms with Gasteiger partial charge in [-0.15, -0.1) is 0 Å². The third-order valence-corrected chi connectivity index (χ3v) is 8.86. The van der Waals surface area contributed by atoms with E-state index in [1.165, 1.54) is 18.2 Å². The van der Waals surface area contributed by atoms with Crippen molar-refractivity contribution in [3.05, 3.63) is 116 Å². The molecule has 8 heteroatoms. The van der Waals surface area contributed by atoms with Gasteiger partial charge in [0.1, 0.15) is 0 Å². The first-order valence-electron chi connectivity index (χ1n) is 14.4. The molecule has 0 atom stereocenters. The Balaban J connectivity index is 1.23. The maximum Gasteiger partial charge on any atom is 0.188 e. The molecule has 0 bridgehead atoms. The number of hydrogen-bond acceptors (Lipinski definition) is 5. The Morgan fingerprint density at radius 2 is 1.83 bits per heavy atom. The molecule has 1 aromatic carbocycles. The summed E-state index contributed by atoms with van der Waals surface area (Å²) < 4.78 is 31.7. The normalized spacial score (nSPS) is 23.4. The lowest BCUT2D eigenvalue weighted by Crippen LogP contribution is -2.45. The SMILES string of the molecule is O=C(C=C1CCCC1)c1ccc(C2=C\C3=C(\C=C/C=C/2)N(C2CCN(C4=C=CC=C(I)C=N4)CC2)CC=N3)c(F)c1F. The van der Waals surface area contributed by atoms with E-state index in [0.29, 0.717) is 23.9 Å². The largest absolute Gasteiger partial charge is 0.361 e. The van der Waals surface area contributed by atoms with Gasteiger partial charge >= 0.3 is 0 Å². The van der Waals surface area contributed by atoms with E-state index in [-0.39, 0.29) is 11.1 Å². The number of halogens is 3. The van der Waals surface area contributed by atoms with Gasteiger partial charge in [-0.2, -0.15) is 0 Å². The Kier molecular flexibility index (Phi) is 8.63. The highest BCUT2D eigenvalue weighted by molar-refractivity contribution is 14.1.